The van der Waals surface area contributed by atoms with Gasteiger partial charge in [-0.25, -0.2) is 4.39 Å². The summed E-state index contributed by atoms with van der Waals surface area (Å²) in [5, 5.41) is 7.19. The normalized spacial score (nSPS) is 27.0. The molecule has 1 atom stereocenters. The van der Waals surface area contributed by atoms with Gasteiger partial charge in [-0.3, -0.25) is 4.68 Å². The lowest BCUT2D eigenvalue weighted by Gasteiger charge is -2.16. The molecular weight excluding hydrogens is 181 g/mol. The largest absolute Gasteiger partial charge is 0.313 e. The van der Waals surface area contributed by atoms with Crippen molar-refractivity contribution in [1.29, 1.82) is 0 Å². The van der Waals surface area contributed by atoms with E-state index < -0.39 is 5.67 Å². The molecule has 1 saturated heterocycles. The summed E-state index contributed by atoms with van der Waals surface area (Å²) in [6.07, 6.45) is 4.80. The number of nitrogens with one attached hydrogen (secondary N) is 1. The summed E-state index contributed by atoms with van der Waals surface area (Å²) in [5.41, 5.74) is -0.0558. The number of rotatable bonds is 3. The number of nitrogens with zero attached hydrogens (tertiary/aromatic N) is 2. The number of hydrogen-bond donors (Lipinski definition) is 1. The van der Waals surface area contributed by atoms with E-state index in [-0.39, 0.29) is 0 Å². The van der Waals surface area contributed by atoms with E-state index in [2.05, 4.69) is 10.4 Å². The lowest BCUT2D eigenvalue weighted by atomic mass is 9.98. The first-order chi connectivity index (χ1) is 6.72. The Hall–Kier alpha value is -0.900. The number of aryl methyl sites for hydroxylation is 1. The monoisotopic (exact) mass is 197 g/mol. The minimum absolute atomic E-state index is 0.476. The van der Waals surface area contributed by atoms with E-state index in [0.29, 0.717) is 19.4 Å². The third-order valence-corrected chi connectivity index (χ3v) is 2.72. The molecule has 1 aliphatic heterocycles. The second kappa shape index (κ2) is 3.69. The van der Waals surface area contributed by atoms with Crippen molar-refractivity contribution in [3.05, 3.63) is 18.0 Å². The lowest BCUT2D eigenvalue weighted by Crippen LogP contribution is -2.28. The van der Waals surface area contributed by atoms with Gasteiger partial charge >= 0.3 is 0 Å². The van der Waals surface area contributed by atoms with Crippen molar-refractivity contribution in [3.8, 4) is 0 Å². The third kappa shape index (κ3) is 1.95. The van der Waals surface area contributed by atoms with Gasteiger partial charge in [0.25, 0.3) is 0 Å². The Morgan fingerprint density at radius 3 is 3.14 bits per heavy atom. The molecule has 14 heavy (non-hydrogen) atoms. The molecule has 2 heterocycles. The maximum atomic E-state index is 14.0. The Morgan fingerprint density at radius 1 is 1.71 bits per heavy atom. The Morgan fingerprint density at radius 2 is 2.57 bits per heavy atom. The number of alkyl halides is 1. The predicted molar refractivity (Wildman–Crippen MR) is 52.9 cm³/mol. The van der Waals surface area contributed by atoms with Crippen molar-refractivity contribution in [1.82, 2.24) is 15.1 Å². The van der Waals surface area contributed by atoms with Crippen LogP contribution in [0, 0.1) is 0 Å². The van der Waals surface area contributed by atoms with Crippen LogP contribution in [0.3, 0.4) is 0 Å². The zero-order chi connectivity index (χ0) is 10.0. The third-order valence-electron chi connectivity index (χ3n) is 2.72. The quantitative estimate of drug-likeness (QED) is 0.787. The molecule has 1 fully saturated rings. The van der Waals surface area contributed by atoms with Crippen LogP contribution in [-0.4, -0.2) is 28.5 Å². The summed E-state index contributed by atoms with van der Waals surface area (Å²) in [5.74, 6) is 0. The highest BCUT2D eigenvalue weighted by molar-refractivity contribution is 5.10. The maximum Gasteiger partial charge on any atom is 0.128 e. The van der Waals surface area contributed by atoms with Crippen molar-refractivity contribution < 1.29 is 4.39 Å². The molecule has 1 aromatic rings. The van der Waals surface area contributed by atoms with Gasteiger partial charge in [-0.15, -0.1) is 0 Å². The van der Waals surface area contributed by atoms with Crippen LogP contribution in [0.15, 0.2) is 12.4 Å². The van der Waals surface area contributed by atoms with Crippen LogP contribution >= 0.6 is 0 Å². The van der Waals surface area contributed by atoms with Crippen LogP contribution in [0.4, 0.5) is 4.39 Å². The molecule has 0 aliphatic carbocycles. The molecule has 4 heteroatoms. The number of hydrogen-bond acceptors (Lipinski definition) is 2. The summed E-state index contributed by atoms with van der Waals surface area (Å²) in [7, 11) is 0. The zero-order valence-corrected chi connectivity index (χ0v) is 8.46. The average Bonchev–Trinajstić information content (AvgIpc) is 2.75. The minimum atomic E-state index is -1.05. The van der Waals surface area contributed by atoms with Crippen LogP contribution in [0.5, 0.6) is 0 Å². The molecule has 0 bridgehead atoms. The molecule has 0 saturated carbocycles. The van der Waals surface area contributed by atoms with Crippen LogP contribution in [-0.2, 0) is 13.0 Å². The van der Waals surface area contributed by atoms with Gasteiger partial charge in [-0.05, 0) is 25.5 Å². The first-order valence-corrected chi connectivity index (χ1v) is 5.13. The van der Waals surface area contributed by atoms with Crippen molar-refractivity contribution in [2.75, 3.05) is 13.1 Å². The molecular formula is C10H16FN3. The van der Waals surface area contributed by atoms with E-state index in [1.165, 1.54) is 0 Å². The highest BCUT2D eigenvalue weighted by atomic mass is 19.1. The molecule has 1 N–H and O–H groups in total. The van der Waals surface area contributed by atoms with Gasteiger partial charge in [0.15, 0.2) is 0 Å². The zero-order valence-electron chi connectivity index (χ0n) is 8.46. The molecule has 0 aromatic carbocycles. The van der Waals surface area contributed by atoms with E-state index in [1.807, 2.05) is 17.8 Å². The fraction of sp³-hybridized carbons (Fsp3) is 0.700. The van der Waals surface area contributed by atoms with Crippen LogP contribution < -0.4 is 5.32 Å². The lowest BCUT2D eigenvalue weighted by molar-refractivity contribution is 0.190. The van der Waals surface area contributed by atoms with Crippen LogP contribution in [0.1, 0.15) is 18.9 Å². The standard InChI is InChI=1S/C10H16FN3/c1-2-14-7-9(6-13-14)5-10(11)3-4-12-8-10/h6-7,12H,2-5,8H2,1H3. The van der Waals surface area contributed by atoms with Crippen molar-refractivity contribution in [2.45, 2.75) is 32.0 Å². The summed E-state index contributed by atoms with van der Waals surface area (Å²) < 4.78 is 15.8. The van der Waals surface area contributed by atoms with Crippen molar-refractivity contribution in [3.63, 3.8) is 0 Å². The SMILES string of the molecule is CCn1cc(CC2(F)CCNC2)cn1. The van der Waals surface area contributed by atoms with E-state index in [1.54, 1.807) is 6.20 Å². The molecule has 78 valence electrons. The Labute approximate surface area is 83.3 Å². The van der Waals surface area contributed by atoms with E-state index in [4.69, 9.17) is 0 Å². The van der Waals surface area contributed by atoms with Crippen molar-refractivity contribution in [2.24, 2.45) is 0 Å². The molecule has 2 rings (SSSR count). The van der Waals surface area contributed by atoms with Gasteiger partial charge in [0, 0.05) is 25.7 Å². The molecule has 1 unspecified atom stereocenters. The van der Waals surface area contributed by atoms with Gasteiger partial charge < -0.3 is 5.32 Å². The Kier molecular flexibility index (Phi) is 2.54. The van der Waals surface area contributed by atoms with Crippen LogP contribution in [0.2, 0.25) is 0 Å². The first kappa shape index (κ1) is 9.65. The molecule has 1 aromatic heterocycles. The smallest absolute Gasteiger partial charge is 0.128 e. The first-order valence-electron chi connectivity index (χ1n) is 5.13. The highest BCUT2D eigenvalue weighted by Gasteiger charge is 2.33. The topological polar surface area (TPSA) is 29.9 Å². The molecule has 0 spiro atoms. The Bertz CT molecular complexity index is 302. The summed E-state index contributed by atoms with van der Waals surface area (Å²) in [6, 6.07) is 0. The van der Waals surface area contributed by atoms with Crippen molar-refractivity contribution >= 4 is 0 Å². The molecule has 3 nitrogen and oxygen atoms in total. The molecule has 0 amide bonds. The number of halogens is 1. The van der Waals surface area contributed by atoms with E-state index in [0.717, 1.165) is 18.7 Å². The van der Waals surface area contributed by atoms with Gasteiger partial charge in [0.1, 0.15) is 5.67 Å². The molecule has 0 radical (unpaired) electrons. The highest BCUT2D eigenvalue weighted by Crippen LogP contribution is 2.24. The molecule has 1 aliphatic rings. The fourth-order valence-corrected chi connectivity index (χ4v) is 1.90. The fourth-order valence-electron chi connectivity index (χ4n) is 1.90. The second-order valence-corrected chi connectivity index (χ2v) is 3.96. The summed E-state index contributed by atoms with van der Waals surface area (Å²) >= 11 is 0. The summed E-state index contributed by atoms with van der Waals surface area (Å²) in [4.78, 5) is 0. The number of aromatic nitrogens is 2. The van der Waals surface area contributed by atoms with E-state index in [9.17, 15) is 4.39 Å². The van der Waals surface area contributed by atoms with E-state index >= 15 is 0 Å². The Balaban J connectivity index is 2.02. The van der Waals surface area contributed by atoms with Gasteiger partial charge in [-0.2, -0.15) is 5.10 Å². The minimum Gasteiger partial charge on any atom is -0.313 e. The van der Waals surface area contributed by atoms with Crippen LogP contribution in [0.25, 0.3) is 0 Å². The predicted octanol–water partition coefficient (Wildman–Crippen LogP) is 1.15. The average molecular weight is 197 g/mol. The van der Waals surface area contributed by atoms with Gasteiger partial charge in [-0.1, -0.05) is 0 Å². The summed E-state index contributed by atoms with van der Waals surface area (Å²) in [6.45, 7) is 4.14. The maximum absolute atomic E-state index is 14.0. The second-order valence-electron chi connectivity index (χ2n) is 3.96. The van der Waals surface area contributed by atoms with Gasteiger partial charge in [0.2, 0.25) is 0 Å². The van der Waals surface area contributed by atoms with Gasteiger partial charge in [0.05, 0.1) is 6.20 Å².